The van der Waals surface area contributed by atoms with Crippen LogP contribution in [0.4, 0.5) is 0 Å². The number of hydrogen-bond acceptors (Lipinski definition) is 5. The van der Waals surface area contributed by atoms with Gasteiger partial charge in [-0.05, 0) is 12.5 Å². The minimum Gasteiger partial charge on any atom is -0.481 e. The third-order valence-corrected chi connectivity index (χ3v) is 3.50. The number of hydrogen-bond donors (Lipinski definition) is 2. The molecule has 0 saturated carbocycles. The van der Waals surface area contributed by atoms with Crippen LogP contribution in [0.15, 0.2) is 12.1 Å². The van der Waals surface area contributed by atoms with Crippen LogP contribution in [0.25, 0.3) is 0 Å². The number of aryl methyl sites for hydroxylation is 1. The van der Waals surface area contributed by atoms with Crippen LogP contribution in [-0.4, -0.2) is 29.4 Å². The van der Waals surface area contributed by atoms with Crippen molar-refractivity contribution in [1.82, 2.24) is 20.5 Å². The molecule has 0 radical (unpaired) electrons. The number of ether oxygens (including phenoxy) is 2. The molecule has 6 nitrogen and oxygen atoms in total. The molecule has 2 N–H and O–H groups in total. The van der Waals surface area contributed by atoms with Crippen LogP contribution in [0.3, 0.4) is 0 Å². The Hall–Kier alpha value is -1.79. The maximum atomic E-state index is 6.07. The zero-order valence-corrected chi connectivity index (χ0v) is 13.1. The van der Waals surface area contributed by atoms with Crippen molar-refractivity contribution >= 4 is 11.6 Å². The fourth-order valence-corrected chi connectivity index (χ4v) is 2.27. The Morgan fingerprint density at radius 2 is 2.05 bits per heavy atom. The third kappa shape index (κ3) is 3.65. The van der Waals surface area contributed by atoms with E-state index in [0.29, 0.717) is 30.0 Å². The van der Waals surface area contributed by atoms with Gasteiger partial charge >= 0.3 is 0 Å². The highest BCUT2D eigenvalue weighted by Crippen LogP contribution is 2.20. The monoisotopic (exact) mass is 310 g/mol. The summed E-state index contributed by atoms with van der Waals surface area (Å²) in [5.41, 5.74) is 3.00. The van der Waals surface area contributed by atoms with E-state index in [9.17, 15) is 0 Å². The van der Waals surface area contributed by atoms with Crippen molar-refractivity contribution in [2.45, 2.75) is 26.4 Å². The minimum atomic E-state index is 0.513. The molecule has 2 heterocycles. The van der Waals surface area contributed by atoms with Gasteiger partial charge in [-0.15, -0.1) is 0 Å². The van der Waals surface area contributed by atoms with Gasteiger partial charge in [0.05, 0.1) is 14.2 Å². The summed E-state index contributed by atoms with van der Waals surface area (Å²) in [5, 5.41) is 10.8. The molecule has 0 aliphatic rings. The second-order valence-electron chi connectivity index (χ2n) is 4.45. The predicted octanol–water partition coefficient (Wildman–Crippen LogP) is 2.33. The van der Waals surface area contributed by atoms with Crippen molar-refractivity contribution in [2.24, 2.45) is 0 Å². The van der Waals surface area contributed by atoms with E-state index >= 15 is 0 Å². The Bertz CT molecular complexity index is 601. The quantitative estimate of drug-likeness (QED) is 0.821. The lowest BCUT2D eigenvalue weighted by Gasteiger charge is -2.10. The van der Waals surface area contributed by atoms with Gasteiger partial charge in [0.25, 0.3) is 0 Å². The maximum Gasteiger partial charge on any atom is 0.220 e. The molecule has 2 aromatic heterocycles. The standard InChI is InChI=1S/C14H19ClN4O2/c1-4-11-10(13(15)19-18-11)8-16-7-9-5-6-12(20-2)17-14(9)21-3/h5-6,16H,4,7-8H2,1-3H3,(H,18,19). The highest BCUT2D eigenvalue weighted by Gasteiger charge is 2.11. The van der Waals surface area contributed by atoms with Gasteiger partial charge in [-0.25, -0.2) is 0 Å². The largest absolute Gasteiger partial charge is 0.481 e. The van der Waals surface area contributed by atoms with Gasteiger partial charge < -0.3 is 14.8 Å². The van der Waals surface area contributed by atoms with E-state index in [0.717, 1.165) is 23.2 Å². The molecule has 114 valence electrons. The number of pyridine rings is 1. The first kappa shape index (κ1) is 15.6. The van der Waals surface area contributed by atoms with E-state index in [1.165, 1.54) is 0 Å². The Kier molecular flexibility index (Phi) is 5.41. The van der Waals surface area contributed by atoms with Crippen molar-refractivity contribution in [3.05, 3.63) is 34.1 Å². The summed E-state index contributed by atoms with van der Waals surface area (Å²) in [6.45, 7) is 3.31. The Morgan fingerprint density at radius 3 is 2.71 bits per heavy atom. The molecule has 0 amide bonds. The molecule has 0 fully saturated rings. The predicted molar refractivity (Wildman–Crippen MR) is 80.9 cm³/mol. The summed E-state index contributed by atoms with van der Waals surface area (Å²) >= 11 is 6.07. The molecule has 0 bridgehead atoms. The molecule has 2 aromatic rings. The van der Waals surface area contributed by atoms with Crippen molar-refractivity contribution in [3.8, 4) is 11.8 Å². The molecule has 21 heavy (non-hydrogen) atoms. The molecule has 2 rings (SSSR count). The lowest BCUT2D eigenvalue weighted by molar-refractivity contribution is 0.360. The van der Waals surface area contributed by atoms with E-state index < -0.39 is 0 Å². The number of halogens is 1. The van der Waals surface area contributed by atoms with Crippen LogP contribution in [0, 0.1) is 0 Å². The Balaban J connectivity index is 2.01. The van der Waals surface area contributed by atoms with Gasteiger partial charge in [0.15, 0.2) is 5.15 Å². The molecule has 0 aliphatic heterocycles. The highest BCUT2D eigenvalue weighted by atomic mass is 35.5. The number of nitrogens with zero attached hydrogens (tertiary/aromatic N) is 2. The Morgan fingerprint density at radius 1 is 1.24 bits per heavy atom. The second kappa shape index (κ2) is 7.28. The first-order chi connectivity index (χ1) is 10.2. The zero-order chi connectivity index (χ0) is 15.2. The first-order valence-electron chi connectivity index (χ1n) is 6.69. The summed E-state index contributed by atoms with van der Waals surface area (Å²) in [6.07, 6.45) is 0.865. The van der Waals surface area contributed by atoms with Crippen molar-refractivity contribution in [3.63, 3.8) is 0 Å². The van der Waals surface area contributed by atoms with E-state index in [1.54, 1.807) is 14.2 Å². The fourth-order valence-electron chi connectivity index (χ4n) is 2.05. The van der Waals surface area contributed by atoms with Crippen LogP contribution in [0.5, 0.6) is 11.8 Å². The average Bonchev–Trinajstić information content (AvgIpc) is 2.88. The maximum absolute atomic E-state index is 6.07. The highest BCUT2D eigenvalue weighted by molar-refractivity contribution is 6.30. The summed E-state index contributed by atoms with van der Waals surface area (Å²) in [4.78, 5) is 4.25. The molecule has 0 aliphatic carbocycles. The molecule has 0 saturated heterocycles. The molecule has 7 heteroatoms. The average molecular weight is 311 g/mol. The normalized spacial score (nSPS) is 10.7. The van der Waals surface area contributed by atoms with Crippen LogP contribution in [0.2, 0.25) is 5.15 Å². The summed E-state index contributed by atoms with van der Waals surface area (Å²) in [6, 6.07) is 3.73. The van der Waals surface area contributed by atoms with E-state index in [1.807, 2.05) is 12.1 Å². The molecular weight excluding hydrogens is 292 g/mol. The number of methoxy groups -OCH3 is 2. The van der Waals surface area contributed by atoms with Crippen molar-refractivity contribution in [1.29, 1.82) is 0 Å². The molecule has 0 spiro atoms. The van der Waals surface area contributed by atoms with Crippen LogP contribution in [-0.2, 0) is 19.5 Å². The van der Waals surface area contributed by atoms with Gasteiger partial charge in [0.2, 0.25) is 11.8 Å². The smallest absolute Gasteiger partial charge is 0.220 e. The number of rotatable bonds is 7. The zero-order valence-electron chi connectivity index (χ0n) is 12.4. The third-order valence-electron chi connectivity index (χ3n) is 3.19. The lowest BCUT2D eigenvalue weighted by Crippen LogP contribution is -2.14. The van der Waals surface area contributed by atoms with E-state index in [-0.39, 0.29) is 0 Å². The SMILES string of the molecule is CCc1[nH]nc(Cl)c1CNCc1ccc(OC)nc1OC. The van der Waals surface area contributed by atoms with E-state index in [2.05, 4.69) is 27.4 Å². The van der Waals surface area contributed by atoms with Gasteiger partial charge in [-0.3, -0.25) is 5.10 Å². The molecule has 0 atom stereocenters. The number of H-pyrrole nitrogens is 1. The lowest BCUT2D eigenvalue weighted by atomic mass is 10.2. The number of aromatic amines is 1. The van der Waals surface area contributed by atoms with Crippen LogP contribution in [0.1, 0.15) is 23.7 Å². The first-order valence-corrected chi connectivity index (χ1v) is 7.07. The Labute approximate surface area is 128 Å². The van der Waals surface area contributed by atoms with Gasteiger partial charge in [-0.1, -0.05) is 18.5 Å². The fraction of sp³-hybridized carbons (Fsp3) is 0.429. The number of aromatic nitrogens is 3. The van der Waals surface area contributed by atoms with Gasteiger partial charge in [0.1, 0.15) is 0 Å². The summed E-state index contributed by atoms with van der Waals surface area (Å²) in [5.74, 6) is 1.08. The van der Waals surface area contributed by atoms with E-state index in [4.69, 9.17) is 21.1 Å². The minimum absolute atomic E-state index is 0.513. The molecule has 0 aromatic carbocycles. The summed E-state index contributed by atoms with van der Waals surface area (Å²) < 4.78 is 10.3. The second-order valence-corrected chi connectivity index (χ2v) is 4.81. The summed E-state index contributed by atoms with van der Waals surface area (Å²) in [7, 11) is 3.17. The molecule has 0 unspecified atom stereocenters. The van der Waals surface area contributed by atoms with Crippen LogP contribution < -0.4 is 14.8 Å². The van der Waals surface area contributed by atoms with Gasteiger partial charge in [0, 0.05) is 36.0 Å². The van der Waals surface area contributed by atoms with Crippen molar-refractivity contribution < 1.29 is 9.47 Å². The van der Waals surface area contributed by atoms with Crippen molar-refractivity contribution in [2.75, 3.05) is 14.2 Å². The number of nitrogens with one attached hydrogen (secondary N) is 2. The topological polar surface area (TPSA) is 72.1 Å². The van der Waals surface area contributed by atoms with Crippen LogP contribution >= 0.6 is 11.6 Å². The molecular formula is C14H19ClN4O2. The van der Waals surface area contributed by atoms with Gasteiger partial charge in [-0.2, -0.15) is 10.1 Å².